The fourth-order valence-electron chi connectivity index (χ4n) is 2.38. The third kappa shape index (κ3) is 4.00. The maximum atomic E-state index is 12.4. The molecule has 7 heteroatoms. The van der Waals surface area contributed by atoms with Crippen molar-refractivity contribution in [3.05, 3.63) is 53.4 Å². The molecule has 26 heavy (non-hydrogen) atoms. The van der Waals surface area contributed by atoms with Gasteiger partial charge in [-0.1, -0.05) is 0 Å². The molecule has 0 bridgehead atoms. The number of methoxy groups -OCH3 is 2. The van der Waals surface area contributed by atoms with Gasteiger partial charge in [0.2, 0.25) is 0 Å². The van der Waals surface area contributed by atoms with Gasteiger partial charge in [-0.05, 0) is 48.7 Å². The topological polar surface area (TPSA) is 60.5 Å². The Balaban J connectivity index is 1.80. The van der Waals surface area contributed by atoms with E-state index in [4.69, 9.17) is 9.47 Å². The van der Waals surface area contributed by atoms with Crippen LogP contribution in [0, 0.1) is 0 Å². The zero-order valence-electron chi connectivity index (χ0n) is 14.6. The van der Waals surface area contributed by atoms with Crippen LogP contribution in [-0.2, 0) is 0 Å². The highest BCUT2D eigenvalue weighted by Crippen LogP contribution is 2.35. The molecule has 1 aromatic heterocycles. The first kappa shape index (κ1) is 18.3. The third-order valence-electron chi connectivity index (χ3n) is 3.76. The van der Waals surface area contributed by atoms with E-state index in [0.717, 1.165) is 16.2 Å². The molecule has 0 unspecified atom stereocenters. The Morgan fingerprint density at radius 1 is 1.12 bits per heavy atom. The molecule has 2 aromatic carbocycles. The summed E-state index contributed by atoms with van der Waals surface area (Å²) in [6.07, 6.45) is 2.00. The van der Waals surface area contributed by atoms with Crippen molar-refractivity contribution in [2.75, 3.05) is 25.8 Å². The molecule has 0 fully saturated rings. The van der Waals surface area contributed by atoms with Gasteiger partial charge in [0.15, 0.2) is 5.13 Å². The Bertz CT molecular complexity index is 907. The van der Waals surface area contributed by atoms with Gasteiger partial charge in [0.1, 0.15) is 11.5 Å². The number of nitrogens with zero attached hydrogens (tertiary/aromatic N) is 1. The highest BCUT2D eigenvalue weighted by atomic mass is 32.2. The van der Waals surface area contributed by atoms with E-state index in [2.05, 4.69) is 10.3 Å². The molecule has 134 valence electrons. The van der Waals surface area contributed by atoms with E-state index in [1.54, 1.807) is 38.1 Å². The number of anilines is 1. The molecule has 0 saturated heterocycles. The van der Waals surface area contributed by atoms with Crippen molar-refractivity contribution in [2.45, 2.75) is 4.90 Å². The van der Waals surface area contributed by atoms with Crippen LogP contribution in [0.5, 0.6) is 11.5 Å². The van der Waals surface area contributed by atoms with E-state index in [1.165, 1.54) is 11.3 Å². The lowest BCUT2D eigenvalue weighted by Crippen LogP contribution is -2.11. The third-order valence-corrected chi connectivity index (χ3v) is 5.26. The number of benzene rings is 2. The molecule has 0 radical (unpaired) electrons. The van der Waals surface area contributed by atoms with Crippen LogP contribution in [0.2, 0.25) is 0 Å². The number of aromatic nitrogens is 1. The van der Waals surface area contributed by atoms with Gasteiger partial charge in [0.05, 0.1) is 19.9 Å². The van der Waals surface area contributed by atoms with E-state index in [9.17, 15) is 4.79 Å². The summed E-state index contributed by atoms with van der Waals surface area (Å²) in [4.78, 5) is 18.0. The highest BCUT2D eigenvalue weighted by Gasteiger charge is 2.13. The average Bonchev–Trinajstić information content (AvgIpc) is 3.15. The number of carbonyl (C=O) groups is 1. The van der Waals surface area contributed by atoms with E-state index in [-0.39, 0.29) is 5.91 Å². The van der Waals surface area contributed by atoms with E-state index in [1.807, 2.05) is 42.0 Å². The minimum atomic E-state index is -0.184. The molecule has 0 aliphatic carbocycles. The first-order valence-electron chi connectivity index (χ1n) is 7.78. The summed E-state index contributed by atoms with van der Waals surface area (Å²) < 4.78 is 10.7. The minimum absolute atomic E-state index is 0.184. The summed E-state index contributed by atoms with van der Waals surface area (Å²) in [5, 5.41) is 5.25. The van der Waals surface area contributed by atoms with Gasteiger partial charge in [-0.15, -0.1) is 23.1 Å². The molecule has 0 aliphatic heterocycles. The average molecular weight is 386 g/mol. The molecular formula is C19H18N2O3S2. The summed E-state index contributed by atoms with van der Waals surface area (Å²) in [7, 11) is 3.22. The van der Waals surface area contributed by atoms with E-state index < -0.39 is 0 Å². The van der Waals surface area contributed by atoms with Crippen molar-refractivity contribution in [3.63, 3.8) is 0 Å². The Morgan fingerprint density at radius 2 is 1.88 bits per heavy atom. The highest BCUT2D eigenvalue weighted by molar-refractivity contribution is 7.98. The van der Waals surface area contributed by atoms with Gasteiger partial charge < -0.3 is 9.47 Å². The maximum Gasteiger partial charge on any atom is 0.257 e. The number of hydrogen-bond acceptors (Lipinski definition) is 6. The molecule has 1 heterocycles. The molecule has 1 N–H and O–H groups in total. The first-order chi connectivity index (χ1) is 12.6. The van der Waals surface area contributed by atoms with Crippen LogP contribution >= 0.6 is 23.1 Å². The predicted octanol–water partition coefficient (Wildman–Crippen LogP) is 4.80. The number of hydrogen-bond donors (Lipinski definition) is 1. The van der Waals surface area contributed by atoms with Gasteiger partial charge in [-0.3, -0.25) is 10.1 Å². The fourth-order valence-corrected chi connectivity index (χ4v) is 3.49. The van der Waals surface area contributed by atoms with Crippen molar-refractivity contribution in [2.24, 2.45) is 0 Å². The van der Waals surface area contributed by atoms with Crippen LogP contribution in [0.4, 0.5) is 5.13 Å². The lowest BCUT2D eigenvalue weighted by atomic mass is 10.1. The largest absolute Gasteiger partial charge is 0.497 e. The summed E-state index contributed by atoms with van der Waals surface area (Å²) in [6, 6.07) is 13.0. The SMILES string of the molecule is COc1ccc(OC)c(-c2csc(NC(=O)c3ccc(SC)cc3)n2)c1. The maximum absolute atomic E-state index is 12.4. The van der Waals surface area contributed by atoms with Crippen LogP contribution < -0.4 is 14.8 Å². The lowest BCUT2D eigenvalue weighted by molar-refractivity contribution is 0.102. The summed E-state index contributed by atoms with van der Waals surface area (Å²) in [5.41, 5.74) is 2.13. The van der Waals surface area contributed by atoms with Gasteiger partial charge in [-0.2, -0.15) is 0 Å². The molecule has 0 atom stereocenters. The van der Waals surface area contributed by atoms with Gasteiger partial charge in [-0.25, -0.2) is 4.98 Å². The smallest absolute Gasteiger partial charge is 0.257 e. The first-order valence-corrected chi connectivity index (χ1v) is 9.88. The summed E-state index contributed by atoms with van der Waals surface area (Å²) in [6.45, 7) is 0. The standard InChI is InChI=1S/C19H18N2O3S2/c1-23-13-6-9-17(24-2)15(10-13)16-11-26-19(20-16)21-18(22)12-4-7-14(25-3)8-5-12/h4-11H,1-3H3,(H,20,21,22). The van der Waals surface area contributed by atoms with Crippen molar-refractivity contribution >= 4 is 34.1 Å². The number of rotatable bonds is 6. The molecule has 1 amide bonds. The second-order valence-corrected chi connectivity index (χ2v) is 7.02. The van der Waals surface area contributed by atoms with Gasteiger partial charge >= 0.3 is 0 Å². The number of amides is 1. The molecule has 0 aliphatic rings. The second kappa shape index (κ2) is 8.25. The van der Waals surface area contributed by atoms with Crippen LogP contribution in [0.3, 0.4) is 0 Å². The fraction of sp³-hybridized carbons (Fsp3) is 0.158. The molecule has 5 nitrogen and oxygen atoms in total. The predicted molar refractivity (Wildman–Crippen MR) is 107 cm³/mol. The van der Waals surface area contributed by atoms with Crippen LogP contribution in [-0.4, -0.2) is 31.4 Å². The molecule has 3 rings (SSSR count). The Morgan fingerprint density at radius 3 is 2.54 bits per heavy atom. The van der Waals surface area contributed by atoms with Gasteiger partial charge in [0.25, 0.3) is 5.91 Å². The van der Waals surface area contributed by atoms with Crippen molar-refractivity contribution < 1.29 is 14.3 Å². The van der Waals surface area contributed by atoms with E-state index in [0.29, 0.717) is 22.2 Å². The Hall–Kier alpha value is -2.51. The Kier molecular flexibility index (Phi) is 5.80. The molecular weight excluding hydrogens is 368 g/mol. The van der Waals surface area contributed by atoms with Crippen LogP contribution in [0.1, 0.15) is 10.4 Å². The number of carbonyl (C=O) groups excluding carboxylic acids is 1. The quantitative estimate of drug-likeness (QED) is 0.617. The molecule has 0 saturated carbocycles. The number of thioether (sulfide) groups is 1. The van der Waals surface area contributed by atoms with Crippen molar-refractivity contribution in [1.29, 1.82) is 0 Å². The van der Waals surface area contributed by atoms with Gasteiger partial charge in [0, 0.05) is 21.4 Å². The molecule has 0 spiro atoms. The minimum Gasteiger partial charge on any atom is -0.497 e. The molecule has 3 aromatic rings. The van der Waals surface area contributed by atoms with Crippen LogP contribution in [0.15, 0.2) is 52.7 Å². The number of nitrogens with one attached hydrogen (secondary N) is 1. The normalized spacial score (nSPS) is 10.4. The zero-order valence-corrected chi connectivity index (χ0v) is 16.2. The number of ether oxygens (including phenoxy) is 2. The lowest BCUT2D eigenvalue weighted by Gasteiger charge is -2.08. The Labute approximate surface area is 160 Å². The van der Waals surface area contributed by atoms with Crippen LogP contribution in [0.25, 0.3) is 11.3 Å². The zero-order chi connectivity index (χ0) is 18.5. The summed E-state index contributed by atoms with van der Waals surface area (Å²) in [5.74, 6) is 1.23. The summed E-state index contributed by atoms with van der Waals surface area (Å²) >= 11 is 3.00. The second-order valence-electron chi connectivity index (χ2n) is 5.29. The van der Waals surface area contributed by atoms with Crippen molar-refractivity contribution in [3.8, 4) is 22.8 Å². The van der Waals surface area contributed by atoms with E-state index >= 15 is 0 Å². The monoisotopic (exact) mass is 386 g/mol. The van der Waals surface area contributed by atoms with Crippen molar-refractivity contribution in [1.82, 2.24) is 4.98 Å². The number of thiazole rings is 1.